The van der Waals surface area contributed by atoms with Gasteiger partial charge in [0.1, 0.15) is 11.6 Å². The lowest BCUT2D eigenvalue weighted by Gasteiger charge is -2.37. The molecule has 7 aromatic carbocycles. The third-order valence-electron chi connectivity index (χ3n) is 11.9. The number of imidazole rings is 1. The summed E-state index contributed by atoms with van der Waals surface area (Å²) >= 11 is 0. The Kier molecular flexibility index (Phi) is 8.68. The quantitative estimate of drug-likeness (QED) is 0.138. The van der Waals surface area contributed by atoms with Crippen molar-refractivity contribution in [3.8, 4) is 22.9 Å². The Morgan fingerprint density at radius 2 is 1.00 bits per heavy atom. The van der Waals surface area contributed by atoms with Crippen molar-refractivity contribution in [2.45, 2.75) is 24.7 Å². The summed E-state index contributed by atoms with van der Waals surface area (Å²) < 4.78 is 4.52. The monoisotopic (exact) mass is 746 g/mol. The molecule has 3 heterocycles. The van der Waals surface area contributed by atoms with Gasteiger partial charge in [0.25, 0.3) is 0 Å². The number of pyridine rings is 1. The van der Waals surface area contributed by atoms with Gasteiger partial charge in [0.05, 0.1) is 16.4 Å². The predicted molar refractivity (Wildman–Crippen MR) is 238 cm³/mol. The first-order chi connectivity index (χ1) is 28.5. The maximum absolute atomic E-state index is 5.08. The number of rotatable bonds is 9. The number of para-hydroxylation sites is 2. The topological polar surface area (TPSA) is 35.6 Å². The molecule has 4 nitrogen and oxygen atoms in total. The van der Waals surface area contributed by atoms with Crippen molar-refractivity contribution in [3.63, 3.8) is 0 Å². The number of aromatic nitrogens is 4. The van der Waals surface area contributed by atoms with E-state index in [0.717, 1.165) is 45.1 Å². The van der Waals surface area contributed by atoms with Gasteiger partial charge in [-0.1, -0.05) is 172 Å². The summed E-state index contributed by atoms with van der Waals surface area (Å²) in [6.07, 6.45) is 5.88. The van der Waals surface area contributed by atoms with Crippen molar-refractivity contribution in [2.24, 2.45) is 0 Å². The molecule has 58 heavy (non-hydrogen) atoms. The van der Waals surface area contributed by atoms with E-state index in [0.29, 0.717) is 0 Å². The fourth-order valence-corrected chi connectivity index (χ4v) is 8.98. The lowest BCUT2D eigenvalue weighted by atomic mass is 9.65. The first-order valence-corrected chi connectivity index (χ1v) is 19.9. The highest BCUT2D eigenvalue weighted by Crippen LogP contribution is 2.47. The highest BCUT2D eigenvalue weighted by molar-refractivity contribution is 6.09. The van der Waals surface area contributed by atoms with Gasteiger partial charge in [-0.15, -0.1) is 0 Å². The first kappa shape index (κ1) is 35.1. The van der Waals surface area contributed by atoms with Crippen molar-refractivity contribution < 1.29 is 0 Å². The summed E-state index contributed by atoms with van der Waals surface area (Å²) in [4.78, 5) is 9.99. The van der Waals surface area contributed by atoms with Crippen LogP contribution in [0.3, 0.4) is 0 Å². The van der Waals surface area contributed by atoms with E-state index in [2.05, 4.69) is 217 Å². The van der Waals surface area contributed by atoms with E-state index in [9.17, 15) is 0 Å². The van der Waals surface area contributed by atoms with Crippen LogP contribution in [0.1, 0.15) is 47.2 Å². The fraction of sp³-hybridized carbons (Fsp3) is 0.0741. The number of hydrogen-bond acceptors (Lipinski definition) is 2. The zero-order chi connectivity index (χ0) is 39.1. The molecule has 0 atom stereocenters. The second-order valence-corrected chi connectivity index (χ2v) is 15.5. The zero-order valence-corrected chi connectivity index (χ0v) is 32.6. The van der Waals surface area contributed by atoms with E-state index >= 15 is 0 Å². The summed E-state index contributed by atoms with van der Waals surface area (Å²) in [6, 6.07) is 72.1. The number of fused-ring (bicyclic) bond motifs is 3. The minimum atomic E-state index is -0.692. The Labute approximate surface area is 339 Å². The molecule has 0 saturated carbocycles. The smallest absolute Gasteiger partial charge is 0.144 e. The summed E-state index contributed by atoms with van der Waals surface area (Å²) in [6.45, 7) is 4.58. The van der Waals surface area contributed by atoms with Crippen molar-refractivity contribution in [3.05, 3.63) is 252 Å². The van der Waals surface area contributed by atoms with E-state index in [-0.39, 0.29) is 5.41 Å². The number of nitrogens with zero attached hydrogens (tertiary/aromatic N) is 4. The van der Waals surface area contributed by atoms with Gasteiger partial charge in [-0.2, -0.15) is 0 Å². The van der Waals surface area contributed by atoms with E-state index in [1.807, 2.05) is 24.7 Å². The third kappa shape index (κ3) is 5.76. The average molecular weight is 747 g/mol. The lowest BCUT2D eigenvalue weighted by molar-refractivity contribution is 0.639. The molecular weight excluding hydrogens is 705 g/mol. The highest BCUT2D eigenvalue weighted by atomic mass is 15.1. The molecule has 0 aliphatic heterocycles. The van der Waals surface area contributed by atoms with Gasteiger partial charge in [-0.05, 0) is 75.8 Å². The van der Waals surface area contributed by atoms with Gasteiger partial charge < -0.3 is 0 Å². The minimum Gasteiger partial charge on any atom is -0.300 e. The molecule has 0 saturated heterocycles. The van der Waals surface area contributed by atoms with Gasteiger partial charge in [0.15, 0.2) is 0 Å². The van der Waals surface area contributed by atoms with Crippen LogP contribution in [0.15, 0.2) is 219 Å². The number of benzene rings is 7. The van der Waals surface area contributed by atoms with Crippen molar-refractivity contribution >= 4 is 21.8 Å². The summed E-state index contributed by atoms with van der Waals surface area (Å²) in [5.41, 5.74) is 10.6. The SMILES string of the molecule is CC(C)(c1ccccc1)c1ccnc(-n2c3ccccc3c3ccc(C(c4ccccc4)(c4ccccc4)c4cccc(-c5nccn5-c5ccccc5)c4)cc32)c1. The van der Waals surface area contributed by atoms with Crippen LogP contribution in [-0.4, -0.2) is 19.1 Å². The van der Waals surface area contributed by atoms with Crippen molar-refractivity contribution in [2.75, 3.05) is 0 Å². The average Bonchev–Trinajstić information content (AvgIpc) is 3.92. The van der Waals surface area contributed by atoms with Crippen LogP contribution >= 0.6 is 0 Å². The zero-order valence-electron chi connectivity index (χ0n) is 32.6. The maximum Gasteiger partial charge on any atom is 0.144 e. The molecule has 0 aliphatic rings. The Hall–Kier alpha value is -7.30. The van der Waals surface area contributed by atoms with E-state index in [1.165, 1.54) is 33.0 Å². The molecule has 0 bridgehead atoms. The molecule has 0 radical (unpaired) electrons. The second-order valence-electron chi connectivity index (χ2n) is 15.5. The molecular formula is C54H42N4. The fourth-order valence-electron chi connectivity index (χ4n) is 8.98. The van der Waals surface area contributed by atoms with Crippen LogP contribution in [0.2, 0.25) is 0 Å². The summed E-state index contributed by atoms with van der Waals surface area (Å²) in [5, 5.41) is 2.38. The van der Waals surface area contributed by atoms with Crippen LogP contribution in [0.4, 0.5) is 0 Å². The molecule has 0 aliphatic carbocycles. The van der Waals surface area contributed by atoms with Gasteiger partial charge in [-0.3, -0.25) is 9.13 Å². The molecule has 0 fully saturated rings. The lowest BCUT2D eigenvalue weighted by Crippen LogP contribution is -2.31. The summed E-state index contributed by atoms with van der Waals surface area (Å²) in [5.74, 6) is 1.78. The molecule has 0 amide bonds. The van der Waals surface area contributed by atoms with Gasteiger partial charge >= 0.3 is 0 Å². The largest absolute Gasteiger partial charge is 0.300 e. The van der Waals surface area contributed by atoms with Crippen LogP contribution < -0.4 is 0 Å². The van der Waals surface area contributed by atoms with Gasteiger partial charge in [0, 0.05) is 46.0 Å². The van der Waals surface area contributed by atoms with Crippen LogP contribution in [0.5, 0.6) is 0 Å². The number of hydrogen-bond donors (Lipinski definition) is 0. The Bertz CT molecular complexity index is 2980. The molecule has 0 unspecified atom stereocenters. The minimum absolute atomic E-state index is 0.223. The predicted octanol–water partition coefficient (Wildman–Crippen LogP) is 12.7. The maximum atomic E-state index is 5.08. The standard InChI is InChI=1S/C54H42N4/c1-53(2,40-19-7-3-8-20-40)43-32-33-55-51(38-43)58-49-29-16-15-28-47(49)48-31-30-45(37-50(48)58)54(41-21-9-4-10-22-41,42-23-11-5-12-24-42)44-25-17-18-39(36-44)52-56-34-35-57(52)46-26-13-6-14-27-46/h3-38H,1-2H3. The highest BCUT2D eigenvalue weighted by Gasteiger charge is 2.39. The first-order valence-electron chi connectivity index (χ1n) is 19.9. The Morgan fingerprint density at radius 3 is 1.71 bits per heavy atom. The van der Waals surface area contributed by atoms with E-state index < -0.39 is 5.41 Å². The normalized spacial score (nSPS) is 12.0. The van der Waals surface area contributed by atoms with Crippen molar-refractivity contribution in [1.82, 2.24) is 19.1 Å². The van der Waals surface area contributed by atoms with Crippen LogP contribution in [0, 0.1) is 0 Å². The molecule has 10 rings (SSSR count). The molecule has 0 spiro atoms. The van der Waals surface area contributed by atoms with Crippen molar-refractivity contribution in [1.29, 1.82) is 0 Å². The van der Waals surface area contributed by atoms with Crippen LogP contribution in [-0.2, 0) is 10.8 Å². The van der Waals surface area contributed by atoms with E-state index in [1.54, 1.807) is 0 Å². The molecule has 278 valence electrons. The summed E-state index contributed by atoms with van der Waals surface area (Å²) in [7, 11) is 0. The molecule has 4 heteroatoms. The molecule has 0 N–H and O–H groups in total. The van der Waals surface area contributed by atoms with E-state index in [4.69, 9.17) is 9.97 Å². The Morgan fingerprint density at radius 1 is 0.414 bits per heavy atom. The van der Waals surface area contributed by atoms with Crippen LogP contribution in [0.25, 0.3) is 44.7 Å². The second kappa shape index (κ2) is 14.3. The Balaban J connectivity index is 1.24. The van der Waals surface area contributed by atoms with Gasteiger partial charge in [0.2, 0.25) is 0 Å². The third-order valence-corrected chi connectivity index (χ3v) is 11.9. The van der Waals surface area contributed by atoms with Gasteiger partial charge in [-0.25, -0.2) is 9.97 Å². The molecule has 10 aromatic rings. The molecule has 3 aromatic heterocycles.